The fourth-order valence-corrected chi connectivity index (χ4v) is 6.46. The molecule has 2 aromatic heterocycles. The third kappa shape index (κ3) is 9.50. The van der Waals surface area contributed by atoms with Crippen molar-refractivity contribution in [3.05, 3.63) is 11.6 Å². The van der Waals surface area contributed by atoms with E-state index < -0.39 is 8.80 Å². The smallest absolute Gasteiger partial charge is 0.374 e. The highest BCUT2D eigenvalue weighted by atomic mass is 28.4. The predicted molar refractivity (Wildman–Crippen MR) is 117 cm³/mol. The summed E-state index contributed by atoms with van der Waals surface area (Å²) >= 11 is 0. The lowest BCUT2D eigenvalue weighted by atomic mass is 9.95. The summed E-state index contributed by atoms with van der Waals surface area (Å²) in [6, 6.07) is 0.817. The Morgan fingerprint density at radius 1 is 0.742 bits per heavy atom. The second-order valence-electron chi connectivity index (χ2n) is 7.51. The Labute approximate surface area is 185 Å². The third-order valence-corrected chi connectivity index (χ3v) is 8.38. The van der Waals surface area contributed by atoms with Gasteiger partial charge in [-0.3, -0.25) is 0 Å². The number of unbranched alkanes of at least 4 members (excludes halogenated alkanes) is 4. The number of H-pyrrole nitrogens is 2. The van der Waals surface area contributed by atoms with Crippen LogP contribution in [0.2, 0.25) is 6.04 Å². The molecule has 2 heterocycles. The molecule has 0 aliphatic rings. The van der Waals surface area contributed by atoms with Crippen molar-refractivity contribution in [1.29, 1.82) is 0 Å². The second-order valence-corrected chi connectivity index (χ2v) is 10.2. The Balaban J connectivity index is 1.73. The Morgan fingerprint density at radius 2 is 1.35 bits per heavy atom. The quantitative estimate of drug-likeness (QED) is 0.242. The van der Waals surface area contributed by atoms with E-state index in [-0.39, 0.29) is 0 Å². The molecule has 0 aromatic carbocycles. The van der Waals surface area contributed by atoms with Gasteiger partial charge in [-0.25, -0.2) is 10.2 Å². The van der Waals surface area contributed by atoms with Gasteiger partial charge in [0, 0.05) is 38.2 Å². The fourth-order valence-electron chi connectivity index (χ4n) is 3.82. The maximum absolute atomic E-state index is 5.98. The van der Waals surface area contributed by atoms with Gasteiger partial charge >= 0.3 is 8.80 Å². The largest absolute Gasteiger partial charge is 0.500 e. The molecule has 0 aliphatic carbocycles. The number of hydrogen-bond acceptors (Lipinski definition) is 9. The molecule has 0 saturated carbocycles. The second kappa shape index (κ2) is 15.1. The van der Waals surface area contributed by atoms with Gasteiger partial charge < -0.3 is 13.3 Å². The standard InChI is InChI=1S/C19H38N8O3Si/c1-4-28-31(29-5-2,30-6-3)16-12-14-17(19-22-26-27-23-19)13-10-8-7-9-11-15-18-20-24-25-21-18/h17H,4-16H2,1-3H3,(H,20,21,24,25)(H,22,23,26,27). The highest BCUT2D eigenvalue weighted by Gasteiger charge is 2.39. The van der Waals surface area contributed by atoms with Crippen LogP contribution in [0.5, 0.6) is 0 Å². The van der Waals surface area contributed by atoms with Gasteiger partial charge in [0.05, 0.1) is 0 Å². The minimum Gasteiger partial charge on any atom is -0.374 e. The van der Waals surface area contributed by atoms with E-state index in [4.69, 9.17) is 13.3 Å². The zero-order valence-electron chi connectivity index (χ0n) is 19.2. The summed E-state index contributed by atoms with van der Waals surface area (Å²) in [4.78, 5) is 0. The Kier molecular flexibility index (Phi) is 12.4. The zero-order chi connectivity index (χ0) is 22.2. The molecule has 1 unspecified atom stereocenters. The third-order valence-electron chi connectivity index (χ3n) is 5.23. The predicted octanol–water partition coefficient (Wildman–Crippen LogP) is 3.21. The number of rotatable bonds is 19. The molecule has 12 heteroatoms. The molecule has 0 radical (unpaired) electrons. The van der Waals surface area contributed by atoms with Gasteiger partial charge in [-0.05, 0) is 67.3 Å². The van der Waals surface area contributed by atoms with Gasteiger partial charge in [-0.1, -0.05) is 25.7 Å². The Hall–Kier alpha value is -1.76. The minimum absolute atomic E-state index is 0.312. The number of aromatic amines is 2. The van der Waals surface area contributed by atoms with E-state index in [9.17, 15) is 0 Å². The minimum atomic E-state index is -2.60. The van der Waals surface area contributed by atoms with E-state index in [1.807, 2.05) is 20.8 Å². The average molecular weight is 455 g/mol. The molecule has 11 nitrogen and oxygen atoms in total. The summed E-state index contributed by atoms with van der Waals surface area (Å²) < 4.78 is 17.9. The number of aryl methyl sites for hydroxylation is 1. The van der Waals surface area contributed by atoms with Crippen LogP contribution in [0.4, 0.5) is 0 Å². The molecule has 0 amide bonds. The van der Waals surface area contributed by atoms with Gasteiger partial charge in [-0.2, -0.15) is 0 Å². The van der Waals surface area contributed by atoms with Crippen LogP contribution in [0.1, 0.15) is 89.7 Å². The van der Waals surface area contributed by atoms with Gasteiger partial charge in [0.15, 0.2) is 5.82 Å². The number of nitrogens with one attached hydrogen (secondary N) is 2. The van der Waals surface area contributed by atoms with Crippen molar-refractivity contribution in [2.75, 3.05) is 19.8 Å². The van der Waals surface area contributed by atoms with Crippen molar-refractivity contribution in [2.45, 2.75) is 90.5 Å². The lowest BCUT2D eigenvalue weighted by Crippen LogP contribution is -2.45. The topological polar surface area (TPSA) is 137 Å². The van der Waals surface area contributed by atoms with Crippen LogP contribution >= 0.6 is 0 Å². The molecule has 0 bridgehead atoms. The summed E-state index contributed by atoms with van der Waals surface area (Å²) in [6.45, 7) is 7.79. The van der Waals surface area contributed by atoms with Crippen molar-refractivity contribution >= 4 is 8.80 Å². The van der Waals surface area contributed by atoms with Gasteiger partial charge in [0.25, 0.3) is 0 Å². The highest BCUT2D eigenvalue weighted by Crippen LogP contribution is 2.28. The molecular weight excluding hydrogens is 416 g/mol. The molecule has 0 spiro atoms. The molecule has 0 fully saturated rings. The first kappa shape index (κ1) is 25.5. The van der Waals surface area contributed by atoms with E-state index in [2.05, 4.69) is 41.2 Å². The first-order valence-corrected chi connectivity index (χ1v) is 13.5. The van der Waals surface area contributed by atoms with Crippen LogP contribution in [0, 0.1) is 0 Å². The lowest BCUT2D eigenvalue weighted by Gasteiger charge is -2.28. The van der Waals surface area contributed by atoms with Crippen molar-refractivity contribution < 1.29 is 13.3 Å². The van der Waals surface area contributed by atoms with Crippen LogP contribution in [-0.4, -0.2) is 69.9 Å². The molecule has 2 aromatic rings. The van der Waals surface area contributed by atoms with Crippen LogP contribution in [-0.2, 0) is 19.7 Å². The Morgan fingerprint density at radius 3 is 1.97 bits per heavy atom. The lowest BCUT2D eigenvalue weighted by molar-refractivity contribution is 0.0705. The van der Waals surface area contributed by atoms with Crippen molar-refractivity contribution in [3.8, 4) is 0 Å². The van der Waals surface area contributed by atoms with Gasteiger partial charge in [-0.15, -0.1) is 10.2 Å². The first-order valence-electron chi connectivity index (χ1n) is 11.6. The zero-order valence-corrected chi connectivity index (χ0v) is 20.2. The van der Waals surface area contributed by atoms with Crippen molar-refractivity contribution in [3.63, 3.8) is 0 Å². The summed E-state index contributed by atoms with van der Waals surface area (Å²) in [6.07, 6.45) is 9.76. The molecule has 0 aliphatic heterocycles. The van der Waals surface area contributed by atoms with Crippen LogP contribution in [0.15, 0.2) is 0 Å². The molecule has 1 atom stereocenters. The van der Waals surface area contributed by atoms with Crippen molar-refractivity contribution in [2.24, 2.45) is 0 Å². The summed E-state index contributed by atoms with van der Waals surface area (Å²) in [7, 11) is -2.60. The molecule has 2 N–H and O–H groups in total. The molecular formula is C19H38N8O3Si. The average Bonchev–Trinajstić information content (AvgIpc) is 3.47. The van der Waals surface area contributed by atoms with Gasteiger partial charge in [0.1, 0.15) is 5.82 Å². The van der Waals surface area contributed by atoms with Crippen LogP contribution in [0.25, 0.3) is 0 Å². The van der Waals surface area contributed by atoms with E-state index in [1.165, 1.54) is 19.3 Å². The number of nitrogens with zero attached hydrogens (tertiary/aromatic N) is 6. The maximum atomic E-state index is 5.98. The highest BCUT2D eigenvalue weighted by molar-refractivity contribution is 6.60. The maximum Gasteiger partial charge on any atom is 0.500 e. The molecule has 0 saturated heterocycles. The van der Waals surface area contributed by atoms with Crippen molar-refractivity contribution in [1.82, 2.24) is 41.2 Å². The summed E-state index contributed by atoms with van der Waals surface area (Å²) in [5.74, 6) is 2.05. The first-order chi connectivity index (χ1) is 15.2. The Bertz CT molecular complexity index is 642. The molecule has 2 rings (SSSR count). The summed E-state index contributed by atoms with van der Waals surface area (Å²) in [5, 5.41) is 28.6. The van der Waals surface area contributed by atoms with Crippen LogP contribution in [0.3, 0.4) is 0 Å². The summed E-state index contributed by atoms with van der Waals surface area (Å²) in [5.41, 5.74) is 0. The van der Waals surface area contributed by atoms with Gasteiger partial charge in [0.2, 0.25) is 0 Å². The van der Waals surface area contributed by atoms with E-state index in [1.54, 1.807) is 0 Å². The molecule has 176 valence electrons. The fraction of sp³-hybridized carbons (Fsp3) is 0.895. The number of aromatic nitrogens is 8. The normalized spacial score (nSPS) is 13.0. The number of hydrogen-bond donors (Lipinski definition) is 2. The van der Waals surface area contributed by atoms with Crippen LogP contribution < -0.4 is 0 Å². The SMILES string of the molecule is CCO[Si](CCCC(CCCCCCCc1nnn[nH]1)c1nnn[nH]1)(OCC)OCC. The van der Waals surface area contributed by atoms with E-state index >= 15 is 0 Å². The monoisotopic (exact) mass is 454 g/mol. The van der Waals surface area contributed by atoms with E-state index in [0.29, 0.717) is 25.7 Å². The molecule has 31 heavy (non-hydrogen) atoms. The van der Waals surface area contributed by atoms with E-state index in [0.717, 1.165) is 56.2 Å². The number of tetrazole rings is 2.